The number of aromatic nitrogens is 4. The van der Waals surface area contributed by atoms with Gasteiger partial charge in [0.2, 0.25) is 39.0 Å². The molecule has 1 aliphatic carbocycles. The number of carbonyl (C=O) groups is 6. The molecule has 560 valence electrons. The summed E-state index contributed by atoms with van der Waals surface area (Å²) < 4.78 is 61.7. The van der Waals surface area contributed by atoms with Gasteiger partial charge in [-0.05, 0) is 100 Å². The summed E-state index contributed by atoms with van der Waals surface area (Å²) >= 11 is 0. The minimum Gasteiger partial charge on any atom is -0.456 e. The molecule has 5 amide bonds. The van der Waals surface area contributed by atoms with Crippen LogP contribution in [0.1, 0.15) is 105 Å². The number of hydrogen-bond acceptors (Lipinski definition) is 16. The number of aliphatic hydroxyl groups excluding tert-OH is 1. The van der Waals surface area contributed by atoms with E-state index in [-0.39, 0.29) is 98.4 Å². The quantitative estimate of drug-likeness (QED) is 0.0193. The molecule has 3 aliphatic rings. The van der Waals surface area contributed by atoms with Gasteiger partial charge in [0.1, 0.15) is 36.2 Å². The van der Waals surface area contributed by atoms with E-state index in [2.05, 4.69) is 105 Å². The fraction of sp³-hybridized carbons (Fsp3) is 0.333. The van der Waals surface area contributed by atoms with Crippen molar-refractivity contribution in [2.24, 2.45) is 5.92 Å². The van der Waals surface area contributed by atoms with Crippen molar-refractivity contribution in [1.29, 1.82) is 0 Å². The number of pyridine rings is 1. The number of sulfone groups is 1. The Kier molecular flexibility index (Phi) is 26.5. The van der Waals surface area contributed by atoms with Crippen LogP contribution in [0, 0.1) is 5.92 Å². The number of amides is 5. The zero-order valence-electron chi connectivity index (χ0n) is 61.6. The van der Waals surface area contributed by atoms with E-state index in [9.17, 15) is 50.7 Å². The molecule has 1 fully saturated rings. The Hall–Kier alpha value is -10.8. The normalized spacial score (nSPS) is 13.4. The van der Waals surface area contributed by atoms with Gasteiger partial charge in [0.05, 0.1) is 52.8 Å². The van der Waals surface area contributed by atoms with Crippen LogP contribution in [-0.2, 0) is 52.0 Å². The highest BCUT2D eigenvalue weighted by Crippen LogP contribution is 2.42. The number of nitrogens with one attached hydrogen (secondary N) is 3. The first-order valence-corrected chi connectivity index (χ1v) is 39.4. The molecule has 8 aromatic rings. The maximum Gasteiger partial charge on any atom is 0.254 e. The predicted octanol–water partition coefficient (Wildman–Crippen LogP) is 8.82. The van der Waals surface area contributed by atoms with Crippen molar-refractivity contribution < 1.29 is 55.1 Å². The molecule has 26 heteroatoms. The van der Waals surface area contributed by atoms with Crippen molar-refractivity contribution in [3.8, 4) is 22.5 Å². The van der Waals surface area contributed by atoms with Crippen molar-refractivity contribution in [2.45, 2.75) is 102 Å². The van der Waals surface area contributed by atoms with Gasteiger partial charge in [-0.15, -0.1) is 5.10 Å². The first-order valence-electron chi connectivity index (χ1n) is 36.1. The van der Waals surface area contributed by atoms with Crippen LogP contribution in [0.25, 0.3) is 44.3 Å². The van der Waals surface area contributed by atoms with Crippen LogP contribution in [0.5, 0.6) is 0 Å². The lowest BCUT2D eigenvalue weighted by molar-refractivity contribution is -0.135. The van der Waals surface area contributed by atoms with Crippen LogP contribution >= 0.6 is 0 Å². The molecule has 0 bridgehead atoms. The zero-order chi connectivity index (χ0) is 76.5. The minimum atomic E-state index is -3.94. The Morgan fingerprint density at radius 2 is 1.34 bits per heavy atom. The molecule has 6 aromatic carbocycles. The SMILES string of the molecule is CCN(CC)c1ccc2c(-c3ccccc3C(=O)N3CCN(C(=O)CCC(=O)NCC(=O)N[C@@H](Cc4ccc(C(=O)c5ccccc5)cc4)C(=O)NCc4cn([C@@H](C)C(O)CN(CC(C)C)S(=O)(=O)c5ccccc5)nn4)CC3)c3ccc(=[N+](CC)CC)cc-3oc2c1.CS(=O)(=O)c1cccc2cccnc12. The zero-order valence-corrected chi connectivity index (χ0v) is 63.2. The molecular weight excluding hydrogens is 1400 g/mol. The van der Waals surface area contributed by atoms with E-state index in [4.69, 9.17) is 4.42 Å². The Morgan fingerprint density at radius 3 is 2.02 bits per heavy atom. The Morgan fingerprint density at radius 1 is 0.673 bits per heavy atom. The highest BCUT2D eigenvalue weighted by Gasteiger charge is 2.33. The molecule has 1 unspecified atom stereocenters. The van der Waals surface area contributed by atoms with Gasteiger partial charge in [-0.2, -0.15) is 4.31 Å². The highest BCUT2D eigenvalue weighted by atomic mass is 32.2. The lowest BCUT2D eigenvalue weighted by atomic mass is 9.90. The van der Waals surface area contributed by atoms with Crippen LogP contribution in [0.4, 0.5) is 5.69 Å². The van der Waals surface area contributed by atoms with Gasteiger partial charge in [0.15, 0.2) is 15.6 Å². The number of piperazine rings is 1. The maximum absolute atomic E-state index is 14.7. The summed E-state index contributed by atoms with van der Waals surface area (Å²) in [4.78, 5) is 92.5. The van der Waals surface area contributed by atoms with Crippen molar-refractivity contribution in [3.63, 3.8) is 0 Å². The lowest BCUT2D eigenvalue weighted by Gasteiger charge is -2.35. The summed E-state index contributed by atoms with van der Waals surface area (Å²) in [7, 11) is -7.13. The van der Waals surface area contributed by atoms with Crippen molar-refractivity contribution in [1.82, 2.24) is 54.6 Å². The topological polar surface area (TPSA) is 300 Å². The van der Waals surface area contributed by atoms with Gasteiger partial charge in [-0.25, -0.2) is 26.1 Å². The molecule has 4 heterocycles. The van der Waals surface area contributed by atoms with Crippen molar-refractivity contribution in [2.75, 3.05) is 83.1 Å². The second-order valence-corrected chi connectivity index (χ2v) is 30.7. The van der Waals surface area contributed by atoms with E-state index in [1.54, 1.807) is 108 Å². The fourth-order valence-electron chi connectivity index (χ4n) is 13.1. The number of anilines is 1. The smallest absolute Gasteiger partial charge is 0.254 e. The van der Waals surface area contributed by atoms with Gasteiger partial charge < -0.3 is 40.2 Å². The van der Waals surface area contributed by atoms with E-state index in [1.165, 1.54) is 33.6 Å². The van der Waals surface area contributed by atoms with E-state index in [1.807, 2.05) is 56.3 Å². The average Bonchev–Trinajstić information content (AvgIpc) is 0.829. The number of ketones is 1. The summed E-state index contributed by atoms with van der Waals surface area (Å²) in [5.41, 5.74) is 7.22. The largest absolute Gasteiger partial charge is 0.456 e. The number of aliphatic hydroxyl groups is 1. The van der Waals surface area contributed by atoms with Gasteiger partial charge >= 0.3 is 0 Å². The van der Waals surface area contributed by atoms with Crippen LogP contribution in [0.2, 0.25) is 0 Å². The molecule has 11 rings (SSSR count). The average molecular weight is 1490 g/mol. The Labute approximate surface area is 624 Å². The predicted molar refractivity (Wildman–Crippen MR) is 412 cm³/mol. The third kappa shape index (κ3) is 19.6. The van der Waals surface area contributed by atoms with Gasteiger partial charge in [0.25, 0.3) is 5.91 Å². The molecule has 3 atom stereocenters. The van der Waals surface area contributed by atoms with E-state index in [0.717, 1.165) is 64.7 Å². The maximum atomic E-state index is 14.7. The van der Waals surface area contributed by atoms with E-state index in [0.29, 0.717) is 44.8 Å². The third-order valence-corrected chi connectivity index (χ3v) is 21.9. The summed E-state index contributed by atoms with van der Waals surface area (Å²) in [5, 5.41) is 30.6. The van der Waals surface area contributed by atoms with Gasteiger partial charge in [0, 0.05) is 140 Å². The van der Waals surface area contributed by atoms with E-state index < -0.39 is 62.3 Å². The Balaban J connectivity index is 0.000000778. The summed E-state index contributed by atoms with van der Waals surface area (Å²) in [6.45, 7) is 17.6. The third-order valence-electron chi connectivity index (χ3n) is 19.0. The standard InChI is InChI=1S/C71H83N11O10S.C10H9NO2S/c1-8-77(9-2)54-30-32-59-63(41-54)92-64-42-55(78(10-3)11-4)31-33-60(64)68(59)57-24-18-19-25-58(57)71(89)80-38-36-79(37-39-80)67(86)35-34-65(84)72-44-66(85)74-61(40-50-26-28-52(29-27-50)69(87)51-20-14-12-15-21-51)70(88)73-43-53-46-82(76-75-53)49(7)62(83)47-81(45-48(5)6)93(90,91)56-22-16-13-17-23-56;1-14(12,13)9-6-2-4-8-5-3-7-11-10(8)9/h12-33,41-42,46,48-49,61-62,83H,8-11,34-40,43-45,47H2,1-7H3,(H2-,72,73,74,84,85,88);2-7H,1H3/p+1/t49-,61-,62?;/m0./s1. The summed E-state index contributed by atoms with van der Waals surface area (Å²) in [6.07, 6.45) is 2.76. The molecule has 0 radical (unpaired) electrons. The van der Waals surface area contributed by atoms with Crippen LogP contribution in [0.15, 0.2) is 203 Å². The van der Waals surface area contributed by atoms with Crippen LogP contribution < -0.4 is 30.8 Å². The van der Waals surface area contributed by atoms with Crippen LogP contribution in [-0.4, -0.2) is 182 Å². The number of carbonyl (C=O) groups excluding carboxylic acids is 6. The first-order chi connectivity index (χ1) is 51.4. The molecule has 2 aliphatic heterocycles. The number of fused-ring (bicyclic) bond motifs is 3. The molecule has 107 heavy (non-hydrogen) atoms. The Bertz CT molecular complexity index is 5070. The molecule has 0 spiro atoms. The molecule has 4 N–H and O–H groups in total. The summed E-state index contributed by atoms with van der Waals surface area (Å²) in [6, 6.07) is 50.5. The number of sulfonamides is 1. The fourth-order valence-corrected chi connectivity index (χ4v) is 15.5. The van der Waals surface area contributed by atoms with Crippen molar-refractivity contribution in [3.05, 3.63) is 222 Å². The minimum absolute atomic E-state index is 0.00585. The number of benzene rings is 7. The van der Waals surface area contributed by atoms with Crippen LogP contribution in [0.3, 0.4) is 0 Å². The van der Waals surface area contributed by atoms with E-state index >= 15 is 0 Å². The molecule has 1 saturated heterocycles. The monoisotopic (exact) mass is 1490 g/mol. The lowest BCUT2D eigenvalue weighted by Crippen LogP contribution is -2.51. The summed E-state index contributed by atoms with van der Waals surface area (Å²) in [5.74, 6) is -1.79. The second kappa shape index (κ2) is 36.0. The number of para-hydroxylation sites is 1. The van der Waals surface area contributed by atoms with Gasteiger partial charge in [-0.1, -0.05) is 128 Å². The second-order valence-electron chi connectivity index (χ2n) is 26.7. The number of nitrogens with zero attached hydrogens (tertiary/aromatic N) is 9. The molecule has 0 saturated carbocycles. The molecule has 2 aromatic heterocycles. The van der Waals surface area contributed by atoms with Crippen molar-refractivity contribution >= 4 is 82.7 Å². The molecular formula is C81H93N12O12S2+. The molecule has 24 nitrogen and oxygen atoms in total. The highest BCUT2D eigenvalue weighted by molar-refractivity contribution is 7.91. The number of hydrogen-bond donors (Lipinski definition) is 4. The number of rotatable bonds is 29. The van der Waals surface area contributed by atoms with Gasteiger partial charge in [-0.3, -0.25) is 33.8 Å². The first kappa shape index (κ1) is 78.8.